The Morgan fingerprint density at radius 1 is 1.31 bits per heavy atom. The predicted octanol–water partition coefficient (Wildman–Crippen LogP) is 0.544. The number of pyridine rings is 1. The van der Waals surface area contributed by atoms with E-state index in [4.69, 9.17) is 15.9 Å². The number of aliphatic hydroxyl groups excluding tert-OH is 1. The molecule has 0 spiro atoms. The number of aromatic nitrogens is 3. The first-order chi connectivity index (χ1) is 12.0. The number of aliphatic hydroxyl groups is 1. The Kier molecular flexibility index (Phi) is 8.10. The number of nitrogens with one attached hydrogen (secondary N) is 1. The molecule has 2 heterocycles. The van der Waals surface area contributed by atoms with E-state index >= 15 is 0 Å². The van der Waals surface area contributed by atoms with Gasteiger partial charge in [-0.05, 0) is 13.1 Å². The van der Waals surface area contributed by atoms with Crippen molar-refractivity contribution >= 4 is 50.8 Å². The number of likely N-dealkylation sites (N-methyl/N-ethyl adjacent to an activating group) is 1. The van der Waals surface area contributed by atoms with E-state index in [1.54, 1.807) is 17.9 Å². The molecule has 0 unspecified atom stereocenters. The zero-order chi connectivity index (χ0) is 18.4. The number of fused-ring (bicyclic) bond motifs is 3. The highest BCUT2D eigenvalue weighted by Gasteiger charge is 2.16. The molecule has 0 bridgehead atoms. The van der Waals surface area contributed by atoms with Crippen molar-refractivity contribution in [2.45, 2.75) is 6.54 Å². The van der Waals surface area contributed by atoms with Crippen LogP contribution < -0.4 is 11.1 Å². The number of nitrogens with zero attached hydrogens (tertiary/aromatic N) is 3. The number of aliphatic carboxylic acids is 1. The largest absolute Gasteiger partial charge is 0.480 e. The third-order valence-corrected chi connectivity index (χ3v) is 3.36. The van der Waals surface area contributed by atoms with Crippen molar-refractivity contribution in [2.75, 3.05) is 20.2 Å². The fourth-order valence-corrected chi connectivity index (χ4v) is 2.38. The van der Waals surface area contributed by atoms with Gasteiger partial charge < -0.3 is 25.8 Å². The highest BCUT2D eigenvalue weighted by Crippen LogP contribution is 2.25. The van der Waals surface area contributed by atoms with Crippen molar-refractivity contribution in [1.29, 1.82) is 0 Å². The van der Waals surface area contributed by atoms with Crippen LogP contribution in [0.1, 0.15) is 10.5 Å². The van der Waals surface area contributed by atoms with Gasteiger partial charge in [-0.1, -0.05) is 18.2 Å². The second kappa shape index (κ2) is 9.80. The first-order valence-electron chi connectivity index (χ1n) is 7.50. The number of amides is 1. The number of rotatable bonds is 5. The van der Waals surface area contributed by atoms with Crippen molar-refractivity contribution in [1.82, 2.24) is 19.9 Å². The molecular formula is C16H20BrN5O4. The van der Waals surface area contributed by atoms with E-state index in [9.17, 15) is 9.59 Å². The Bertz CT molecular complexity index is 912. The summed E-state index contributed by atoms with van der Waals surface area (Å²) < 4.78 is 1.80. The maximum atomic E-state index is 11.5. The van der Waals surface area contributed by atoms with Crippen LogP contribution >= 0.6 is 17.0 Å². The average molecular weight is 426 g/mol. The summed E-state index contributed by atoms with van der Waals surface area (Å²) in [6.45, 7) is 0.441. The summed E-state index contributed by atoms with van der Waals surface area (Å²) in [7, 11) is 1.59. The van der Waals surface area contributed by atoms with Crippen LogP contribution in [0.15, 0.2) is 30.6 Å². The van der Waals surface area contributed by atoms with Gasteiger partial charge in [0.15, 0.2) is 5.69 Å². The van der Waals surface area contributed by atoms with Crippen molar-refractivity contribution in [3.05, 3.63) is 36.3 Å². The summed E-state index contributed by atoms with van der Waals surface area (Å²) in [6, 6.07) is 7.46. The van der Waals surface area contributed by atoms with E-state index in [2.05, 4.69) is 15.3 Å². The molecule has 0 saturated carbocycles. The van der Waals surface area contributed by atoms with E-state index in [-0.39, 0.29) is 35.8 Å². The number of para-hydroxylation sites is 1. The summed E-state index contributed by atoms with van der Waals surface area (Å²) in [5.74, 6) is -1.43. The lowest BCUT2D eigenvalue weighted by Crippen LogP contribution is -2.16. The van der Waals surface area contributed by atoms with E-state index in [1.165, 1.54) is 0 Å². The van der Waals surface area contributed by atoms with Crippen LogP contribution in [0.2, 0.25) is 0 Å². The molecule has 0 saturated heterocycles. The third kappa shape index (κ3) is 4.75. The Morgan fingerprint density at radius 3 is 2.54 bits per heavy atom. The normalized spacial score (nSPS) is 10.1. The second-order valence-electron chi connectivity index (χ2n) is 5.12. The molecule has 26 heavy (non-hydrogen) atoms. The van der Waals surface area contributed by atoms with Gasteiger partial charge >= 0.3 is 5.97 Å². The smallest absolute Gasteiger partial charge is 0.317 e. The number of carboxylic acid groups (broad SMARTS) is 1. The average Bonchev–Trinajstić information content (AvgIpc) is 2.99. The number of imidazole rings is 1. The van der Waals surface area contributed by atoms with Gasteiger partial charge in [-0.15, -0.1) is 17.0 Å². The van der Waals surface area contributed by atoms with Crippen LogP contribution in [0, 0.1) is 0 Å². The van der Waals surface area contributed by atoms with Crippen molar-refractivity contribution in [3.8, 4) is 0 Å². The molecule has 9 nitrogen and oxygen atoms in total. The minimum Gasteiger partial charge on any atom is -0.480 e. The Hall–Kier alpha value is -2.56. The molecule has 10 heteroatoms. The van der Waals surface area contributed by atoms with Crippen LogP contribution in [0.3, 0.4) is 0 Å². The molecule has 2 aromatic heterocycles. The molecule has 0 aliphatic heterocycles. The van der Waals surface area contributed by atoms with Gasteiger partial charge in [-0.3, -0.25) is 9.59 Å². The maximum Gasteiger partial charge on any atom is 0.317 e. The molecule has 0 aliphatic carbocycles. The van der Waals surface area contributed by atoms with Gasteiger partial charge in [-0.2, -0.15) is 0 Å². The van der Waals surface area contributed by atoms with Crippen molar-refractivity contribution < 1.29 is 19.8 Å². The van der Waals surface area contributed by atoms with Crippen LogP contribution in [-0.2, 0) is 11.3 Å². The minimum atomic E-state index is -0.822. The van der Waals surface area contributed by atoms with E-state index < -0.39 is 11.9 Å². The number of hydrogen-bond acceptors (Lipinski definition) is 6. The summed E-state index contributed by atoms with van der Waals surface area (Å²) in [6.07, 6.45) is 1.58. The fraction of sp³-hybridized carbons (Fsp3) is 0.250. The van der Waals surface area contributed by atoms with Gasteiger partial charge in [0.1, 0.15) is 5.52 Å². The molecule has 3 rings (SSSR count). The van der Waals surface area contributed by atoms with Crippen LogP contribution in [0.25, 0.3) is 21.9 Å². The first-order valence-corrected chi connectivity index (χ1v) is 7.50. The van der Waals surface area contributed by atoms with Crippen molar-refractivity contribution in [2.24, 2.45) is 5.73 Å². The Morgan fingerprint density at radius 2 is 2.00 bits per heavy atom. The lowest BCUT2D eigenvalue weighted by molar-refractivity contribution is -0.135. The summed E-state index contributed by atoms with van der Waals surface area (Å²) in [5, 5.41) is 20.3. The predicted molar refractivity (Wildman–Crippen MR) is 103 cm³/mol. The van der Waals surface area contributed by atoms with Crippen LogP contribution in [0.5, 0.6) is 0 Å². The molecule has 140 valence electrons. The summed E-state index contributed by atoms with van der Waals surface area (Å²) in [4.78, 5) is 29.5. The maximum absolute atomic E-state index is 11.5. The second-order valence-corrected chi connectivity index (χ2v) is 5.12. The molecule has 0 radical (unpaired) electrons. The fourth-order valence-electron chi connectivity index (χ4n) is 2.38. The van der Waals surface area contributed by atoms with Crippen LogP contribution in [-0.4, -0.2) is 56.8 Å². The number of nitrogens with two attached hydrogens (primary N) is 1. The van der Waals surface area contributed by atoms with Gasteiger partial charge in [0.05, 0.1) is 30.5 Å². The highest BCUT2D eigenvalue weighted by molar-refractivity contribution is 8.93. The lowest BCUT2D eigenvalue weighted by Gasteiger charge is -2.06. The SMILES string of the molecule is Br.CNCC(=O)O.NC(=O)c1nc2ccccc2c2c1ncn2CCO. The van der Waals surface area contributed by atoms with Crippen molar-refractivity contribution in [3.63, 3.8) is 0 Å². The number of carbonyl (C=O) groups is 2. The standard InChI is InChI=1S/C13H12N4O2.C3H7NO2.BrH/c14-13(19)11-10-12(17(5-6-18)7-15-10)8-3-1-2-4-9(8)16-11;1-4-2-3(5)6;/h1-4,7,18H,5-6H2,(H2,14,19);4H,2H2,1H3,(H,5,6);1H. The Labute approximate surface area is 159 Å². The van der Waals surface area contributed by atoms with E-state index in [0.29, 0.717) is 17.6 Å². The molecule has 0 aliphatic rings. The molecule has 1 amide bonds. The van der Waals surface area contributed by atoms with E-state index in [0.717, 1.165) is 10.9 Å². The van der Waals surface area contributed by atoms with Gasteiger partial charge in [0.2, 0.25) is 0 Å². The number of carbonyl (C=O) groups excluding carboxylic acids is 1. The lowest BCUT2D eigenvalue weighted by atomic mass is 10.1. The molecule has 3 aromatic rings. The molecule has 0 fully saturated rings. The Balaban J connectivity index is 0.000000422. The number of primary amides is 1. The van der Waals surface area contributed by atoms with Crippen LogP contribution in [0.4, 0.5) is 0 Å². The number of halogens is 1. The zero-order valence-electron chi connectivity index (χ0n) is 14.0. The minimum absolute atomic E-state index is 0. The molecule has 0 atom stereocenters. The monoisotopic (exact) mass is 425 g/mol. The van der Waals surface area contributed by atoms with E-state index in [1.807, 2.05) is 24.3 Å². The molecular weight excluding hydrogens is 406 g/mol. The highest BCUT2D eigenvalue weighted by atomic mass is 79.9. The quantitative estimate of drug-likeness (QED) is 0.466. The number of hydrogen-bond donors (Lipinski definition) is 4. The number of carboxylic acids is 1. The van der Waals surface area contributed by atoms with Gasteiger partial charge in [0, 0.05) is 11.9 Å². The summed E-state index contributed by atoms with van der Waals surface area (Å²) in [5.41, 5.74) is 7.44. The topological polar surface area (TPSA) is 143 Å². The summed E-state index contributed by atoms with van der Waals surface area (Å²) >= 11 is 0. The number of benzene rings is 1. The zero-order valence-corrected chi connectivity index (χ0v) is 15.8. The van der Waals surface area contributed by atoms with Gasteiger partial charge in [0.25, 0.3) is 5.91 Å². The molecule has 1 aromatic carbocycles. The van der Waals surface area contributed by atoms with Gasteiger partial charge in [-0.25, -0.2) is 9.97 Å². The third-order valence-electron chi connectivity index (χ3n) is 3.36. The first kappa shape index (κ1) is 21.5. The molecule has 5 N–H and O–H groups in total.